The van der Waals surface area contributed by atoms with Crippen LogP contribution in [0.15, 0.2) is 17.1 Å². The SMILES string of the molecule is CCN=c1ccc(Cl)nn1C. The fraction of sp³-hybridized carbons (Fsp3) is 0.429. The minimum Gasteiger partial charge on any atom is -0.267 e. The zero-order valence-electron chi connectivity index (χ0n) is 6.58. The zero-order valence-corrected chi connectivity index (χ0v) is 7.34. The lowest BCUT2D eigenvalue weighted by atomic mass is 10.5. The molecule has 60 valence electrons. The van der Waals surface area contributed by atoms with E-state index in [1.165, 1.54) is 0 Å². The number of hydrogen-bond acceptors (Lipinski definition) is 2. The number of aryl methyl sites for hydroxylation is 1. The van der Waals surface area contributed by atoms with Crippen LogP contribution >= 0.6 is 11.6 Å². The summed E-state index contributed by atoms with van der Waals surface area (Å²) < 4.78 is 1.66. The molecule has 4 heteroatoms. The normalized spacial score (nSPS) is 12.1. The molecule has 0 aliphatic carbocycles. The van der Waals surface area contributed by atoms with Crippen molar-refractivity contribution in [3.63, 3.8) is 0 Å². The van der Waals surface area contributed by atoms with Crippen LogP contribution in [0.5, 0.6) is 0 Å². The Balaban J connectivity index is 3.20. The smallest absolute Gasteiger partial charge is 0.149 e. The third-order valence-electron chi connectivity index (χ3n) is 1.27. The summed E-state index contributed by atoms with van der Waals surface area (Å²) in [7, 11) is 1.82. The van der Waals surface area contributed by atoms with Crippen LogP contribution in [0.1, 0.15) is 6.92 Å². The number of nitrogens with zero attached hydrogens (tertiary/aromatic N) is 3. The van der Waals surface area contributed by atoms with Crippen molar-refractivity contribution in [1.82, 2.24) is 9.78 Å². The van der Waals surface area contributed by atoms with E-state index < -0.39 is 0 Å². The molecular formula is C7H10ClN3. The lowest BCUT2D eigenvalue weighted by Crippen LogP contribution is -2.19. The summed E-state index contributed by atoms with van der Waals surface area (Å²) in [6.45, 7) is 2.74. The first-order valence-corrected chi connectivity index (χ1v) is 3.82. The van der Waals surface area contributed by atoms with Crippen molar-refractivity contribution >= 4 is 11.6 Å². The molecule has 0 aromatic carbocycles. The molecule has 0 fully saturated rings. The Morgan fingerprint density at radius 3 is 2.91 bits per heavy atom. The maximum atomic E-state index is 5.64. The summed E-state index contributed by atoms with van der Waals surface area (Å²) in [5.41, 5.74) is 0.844. The largest absolute Gasteiger partial charge is 0.267 e. The summed E-state index contributed by atoms with van der Waals surface area (Å²) in [5.74, 6) is 0. The van der Waals surface area contributed by atoms with Gasteiger partial charge in [-0.2, -0.15) is 5.10 Å². The Hall–Kier alpha value is -0.830. The summed E-state index contributed by atoms with van der Waals surface area (Å²) in [5, 5.41) is 4.47. The summed E-state index contributed by atoms with van der Waals surface area (Å²) in [6, 6.07) is 3.58. The highest BCUT2D eigenvalue weighted by Crippen LogP contribution is 1.96. The molecule has 0 radical (unpaired) electrons. The molecule has 0 aliphatic rings. The van der Waals surface area contributed by atoms with Gasteiger partial charge in [0.2, 0.25) is 0 Å². The van der Waals surface area contributed by atoms with Crippen LogP contribution in [0.3, 0.4) is 0 Å². The molecule has 1 rings (SSSR count). The number of halogens is 1. The minimum absolute atomic E-state index is 0.488. The minimum atomic E-state index is 0.488. The van der Waals surface area contributed by atoms with Gasteiger partial charge in [0.15, 0.2) is 0 Å². The highest BCUT2D eigenvalue weighted by Gasteiger charge is 1.89. The molecule has 0 bridgehead atoms. The first-order chi connectivity index (χ1) is 5.24. The van der Waals surface area contributed by atoms with Crippen LogP contribution < -0.4 is 5.49 Å². The number of hydrogen-bond donors (Lipinski definition) is 0. The van der Waals surface area contributed by atoms with E-state index in [0.29, 0.717) is 5.15 Å². The first-order valence-electron chi connectivity index (χ1n) is 3.44. The van der Waals surface area contributed by atoms with Gasteiger partial charge in [-0.05, 0) is 19.1 Å². The fourth-order valence-electron chi connectivity index (χ4n) is 0.796. The second-order valence-electron chi connectivity index (χ2n) is 2.11. The van der Waals surface area contributed by atoms with Gasteiger partial charge in [-0.1, -0.05) is 11.6 Å². The molecule has 1 aromatic rings. The van der Waals surface area contributed by atoms with Crippen molar-refractivity contribution in [1.29, 1.82) is 0 Å². The van der Waals surface area contributed by atoms with E-state index in [4.69, 9.17) is 11.6 Å². The highest BCUT2D eigenvalue weighted by atomic mass is 35.5. The number of aromatic nitrogens is 2. The van der Waals surface area contributed by atoms with Crippen molar-refractivity contribution < 1.29 is 0 Å². The lowest BCUT2D eigenvalue weighted by molar-refractivity contribution is 0.683. The quantitative estimate of drug-likeness (QED) is 0.620. The van der Waals surface area contributed by atoms with Crippen LogP contribution in [0.25, 0.3) is 0 Å². The van der Waals surface area contributed by atoms with Gasteiger partial charge in [-0.3, -0.25) is 4.99 Å². The molecule has 0 spiro atoms. The lowest BCUT2D eigenvalue weighted by Gasteiger charge is -1.97. The maximum absolute atomic E-state index is 5.64. The van der Waals surface area contributed by atoms with Crippen LogP contribution in [-0.2, 0) is 7.05 Å². The predicted octanol–water partition coefficient (Wildman–Crippen LogP) is 0.994. The Morgan fingerprint density at radius 1 is 1.64 bits per heavy atom. The average molecular weight is 172 g/mol. The monoisotopic (exact) mass is 171 g/mol. The Morgan fingerprint density at radius 2 is 2.36 bits per heavy atom. The molecule has 0 unspecified atom stereocenters. The maximum Gasteiger partial charge on any atom is 0.149 e. The topological polar surface area (TPSA) is 30.2 Å². The molecule has 1 heterocycles. The van der Waals surface area contributed by atoms with Crippen molar-refractivity contribution in [2.24, 2.45) is 12.0 Å². The van der Waals surface area contributed by atoms with E-state index in [1.54, 1.807) is 10.7 Å². The first kappa shape index (κ1) is 8.27. The van der Waals surface area contributed by atoms with Crippen LogP contribution in [0.4, 0.5) is 0 Å². The molecule has 3 nitrogen and oxygen atoms in total. The molecule has 0 atom stereocenters. The van der Waals surface area contributed by atoms with E-state index in [1.807, 2.05) is 20.0 Å². The Bertz CT molecular complexity index is 303. The van der Waals surface area contributed by atoms with Crippen molar-refractivity contribution in [2.75, 3.05) is 6.54 Å². The Labute approximate surface area is 70.3 Å². The molecule has 1 aromatic heterocycles. The number of rotatable bonds is 1. The van der Waals surface area contributed by atoms with Gasteiger partial charge in [0.1, 0.15) is 10.6 Å². The molecular weight excluding hydrogens is 162 g/mol. The van der Waals surface area contributed by atoms with E-state index in [9.17, 15) is 0 Å². The van der Waals surface area contributed by atoms with Gasteiger partial charge in [-0.15, -0.1) is 0 Å². The summed E-state index contributed by atoms with van der Waals surface area (Å²) >= 11 is 5.64. The van der Waals surface area contributed by atoms with Crippen molar-refractivity contribution in [2.45, 2.75) is 6.92 Å². The van der Waals surface area contributed by atoms with Crippen molar-refractivity contribution in [3.8, 4) is 0 Å². The van der Waals surface area contributed by atoms with E-state index in [2.05, 4.69) is 10.1 Å². The van der Waals surface area contributed by atoms with Gasteiger partial charge >= 0.3 is 0 Å². The third kappa shape index (κ3) is 2.05. The zero-order chi connectivity index (χ0) is 8.27. The fourth-order valence-corrected chi connectivity index (χ4v) is 0.972. The van der Waals surface area contributed by atoms with Gasteiger partial charge < -0.3 is 0 Å². The highest BCUT2D eigenvalue weighted by molar-refractivity contribution is 6.29. The molecule has 0 amide bonds. The van der Waals surface area contributed by atoms with Crippen LogP contribution in [0, 0.1) is 0 Å². The molecule has 11 heavy (non-hydrogen) atoms. The van der Waals surface area contributed by atoms with Gasteiger partial charge in [0.25, 0.3) is 0 Å². The molecule has 0 saturated carbocycles. The second-order valence-corrected chi connectivity index (χ2v) is 2.50. The predicted molar refractivity (Wildman–Crippen MR) is 44.3 cm³/mol. The third-order valence-corrected chi connectivity index (χ3v) is 1.47. The van der Waals surface area contributed by atoms with Crippen LogP contribution in [0.2, 0.25) is 5.15 Å². The molecule has 0 saturated heterocycles. The van der Waals surface area contributed by atoms with E-state index in [0.717, 1.165) is 12.0 Å². The Kier molecular flexibility index (Phi) is 2.65. The average Bonchev–Trinajstić information content (AvgIpc) is 1.95. The van der Waals surface area contributed by atoms with Crippen molar-refractivity contribution in [3.05, 3.63) is 22.8 Å². The van der Waals surface area contributed by atoms with E-state index >= 15 is 0 Å². The molecule has 0 N–H and O–H groups in total. The summed E-state index contributed by atoms with van der Waals surface area (Å²) in [6.07, 6.45) is 0. The van der Waals surface area contributed by atoms with Gasteiger partial charge in [-0.25, -0.2) is 4.68 Å². The van der Waals surface area contributed by atoms with Crippen LogP contribution in [-0.4, -0.2) is 16.3 Å². The van der Waals surface area contributed by atoms with Gasteiger partial charge in [0.05, 0.1) is 0 Å². The molecule has 0 aliphatic heterocycles. The van der Waals surface area contributed by atoms with E-state index in [-0.39, 0.29) is 0 Å². The standard InChI is InChI=1S/C7H10ClN3/c1-3-9-7-5-4-6(8)10-11(7)2/h4-5H,3H2,1-2H3. The second kappa shape index (κ2) is 3.53. The van der Waals surface area contributed by atoms with Gasteiger partial charge in [0, 0.05) is 13.6 Å². The summed E-state index contributed by atoms with van der Waals surface area (Å²) in [4.78, 5) is 4.19.